The maximum Gasteiger partial charge on any atom is 0.168 e. The summed E-state index contributed by atoms with van der Waals surface area (Å²) in [4.78, 5) is 0. The normalized spacial score (nSPS) is 11.4. The van der Waals surface area contributed by atoms with Crippen molar-refractivity contribution >= 4 is 0 Å². The fourth-order valence-corrected chi connectivity index (χ4v) is 3.13. The molecule has 0 amide bonds. The van der Waals surface area contributed by atoms with E-state index in [4.69, 9.17) is 0 Å². The summed E-state index contributed by atoms with van der Waals surface area (Å²) in [7, 11) is 0. The van der Waals surface area contributed by atoms with Crippen molar-refractivity contribution in [1.29, 1.82) is 0 Å². The molecular formula is C23H40N+. The van der Waals surface area contributed by atoms with Crippen molar-refractivity contribution < 1.29 is 4.57 Å². The number of unbranched alkanes of at least 4 members (excludes halogenated alkanes) is 12. The molecule has 1 nitrogen and oxygen atoms in total. The van der Waals surface area contributed by atoms with Gasteiger partial charge in [0.05, 0.1) is 0 Å². The molecule has 1 heteroatoms. The van der Waals surface area contributed by atoms with Crippen LogP contribution in [0.4, 0.5) is 0 Å². The molecule has 136 valence electrons. The van der Waals surface area contributed by atoms with Crippen LogP contribution in [-0.2, 0) is 6.54 Å². The minimum absolute atomic E-state index is 1.17. The van der Waals surface area contributed by atoms with E-state index in [9.17, 15) is 0 Å². The van der Waals surface area contributed by atoms with Gasteiger partial charge in [-0.1, -0.05) is 76.5 Å². The molecule has 0 aliphatic carbocycles. The van der Waals surface area contributed by atoms with Gasteiger partial charge in [-0.15, -0.1) is 0 Å². The first kappa shape index (κ1) is 20.9. The average Bonchev–Trinajstić information content (AvgIpc) is 2.62. The Morgan fingerprint density at radius 1 is 0.583 bits per heavy atom. The Bertz CT molecular complexity index is 382. The van der Waals surface area contributed by atoms with Gasteiger partial charge in [0.15, 0.2) is 12.4 Å². The standard InChI is InChI=1S/C23H40N/c1-2-3-4-5-6-7-8-9-10-11-12-13-14-15-16-18-21-24-22-19-17-20-23-24/h9-10,17,19-20,22-23H,2-8,11-16,18,21H2,1H3/q+1. The summed E-state index contributed by atoms with van der Waals surface area (Å²) in [6.45, 7) is 3.45. The molecule has 1 aromatic heterocycles. The third kappa shape index (κ3) is 13.3. The number of rotatable bonds is 16. The van der Waals surface area contributed by atoms with E-state index in [1.807, 2.05) is 0 Å². The van der Waals surface area contributed by atoms with Crippen LogP contribution < -0.4 is 4.57 Å². The van der Waals surface area contributed by atoms with Crippen LogP contribution in [0.1, 0.15) is 96.8 Å². The van der Waals surface area contributed by atoms with Crippen LogP contribution >= 0.6 is 0 Å². The van der Waals surface area contributed by atoms with Gasteiger partial charge in [0.1, 0.15) is 6.54 Å². The lowest BCUT2D eigenvalue weighted by Gasteiger charge is -2.00. The zero-order chi connectivity index (χ0) is 17.1. The smallest absolute Gasteiger partial charge is 0.168 e. The van der Waals surface area contributed by atoms with E-state index < -0.39 is 0 Å². The molecule has 0 radical (unpaired) electrons. The van der Waals surface area contributed by atoms with E-state index in [1.54, 1.807) is 0 Å². The molecule has 0 bridgehead atoms. The third-order valence-electron chi connectivity index (χ3n) is 4.71. The number of hydrogen-bond donors (Lipinski definition) is 0. The van der Waals surface area contributed by atoms with Crippen molar-refractivity contribution in [2.24, 2.45) is 0 Å². The molecule has 0 aliphatic rings. The number of aryl methyl sites for hydroxylation is 1. The molecule has 0 fully saturated rings. The molecule has 0 N–H and O–H groups in total. The first-order valence-electron chi connectivity index (χ1n) is 10.5. The van der Waals surface area contributed by atoms with Gasteiger partial charge in [0.2, 0.25) is 0 Å². The van der Waals surface area contributed by atoms with Crippen LogP contribution in [0.3, 0.4) is 0 Å². The third-order valence-corrected chi connectivity index (χ3v) is 4.71. The van der Waals surface area contributed by atoms with Gasteiger partial charge >= 0.3 is 0 Å². The molecule has 1 rings (SSSR count). The molecule has 0 atom stereocenters. The van der Waals surface area contributed by atoms with Crippen molar-refractivity contribution in [2.45, 2.75) is 103 Å². The lowest BCUT2D eigenvalue weighted by atomic mass is 10.1. The predicted molar refractivity (Wildman–Crippen MR) is 106 cm³/mol. The van der Waals surface area contributed by atoms with Crippen LogP contribution in [0.2, 0.25) is 0 Å². The largest absolute Gasteiger partial charge is 0.205 e. The second-order valence-electron chi connectivity index (χ2n) is 7.05. The van der Waals surface area contributed by atoms with E-state index >= 15 is 0 Å². The van der Waals surface area contributed by atoms with Gasteiger partial charge in [-0.3, -0.25) is 0 Å². The molecular weight excluding hydrogens is 290 g/mol. The van der Waals surface area contributed by atoms with Crippen LogP contribution in [0.5, 0.6) is 0 Å². The average molecular weight is 331 g/mol. The van der Waals surface area contributed by atoms with Gasteiger partial charge in [-0.25, -0.2) is 4.57 Å². The topological polar surface area (TPSA) is 3.88 Å². The lowest BCUT2D eigenvalue weighted by molar-refractivity contribution is -0.697. The highest BCUT2D eigenvalue weighted by molar-refractivity contribution is 4.83. The Balaban J connectivity index is 1.76. The first-order valence-corrected chi connectivity index (χ1v) is 10.5. The maximum absolute atomic E-state index is 2.41. The molecule has 0 spiro atoms. The summed E-state index contributed by atoms with van der Waals surface area (Å²) in [6.07, 6.45) is 28.5. The van der Waals surface area contributed by atoms with Gasteiger partial charge in [-0.05, 0) is 32.1 Å². The summed E-state index contributed by atoms with van der Waals surface area (Å²) in [5, 5.41) is 0. The molecule has 0 aromatic carbocycles. The second kappa shape index (κ2) is 16.7. The highest BCUT2D eigenvalue weighted by Crippen LogP contribution is 2.09. The fourth-order valence-electron chi connectivity index (χ4n) is 3.13. The number of hydrogen-bond acceptors (Lipinski definition) is 0. The summed E-state index contributed by atoms with van der Waals surface area (Å²) in [5.41, 5.74) is 0. The van der Waals surface area contributed by atoms with E-state index in [0.717, 1.165) is 0 Å². The summed E-state index contributed by atoms with van der Waals surface area (Å²) >= 11 is 0. The van der Waals surface area contributed by atoms with E-state index in [0.29, 0.717) is 0 Å². The van der Waals surface area contributed by atoms with E-state index in [1.165, 1.54) is 96.4 Å². The van der Waals surface area contributed by atoms with E-state index in [-0.39, 0.29) is 0 Å². The molecule has 0 saturated heterocycles. The molecule has 24 heavy (non-hydrogen) atoms. The Labute approximate surface area is 151 Å². The first-order chi connectivity index (χ1) is 11.9. The fraction of sp³-hybridized carbons (Fsp3) is 0.696. The van der Waals surface area contributed by atoms with Crippen LogP contribution in [0.15, 0.2) is 42.7 Å². The van der Waals surface area contributed by atoms with Crippen molar-refractivity contribution in [3.8, 4) is 0 Å². The predicted octanol–water partition coefficient (Wildman–Crippen LogP) is 7.01. The van der Waals surface area contributed by atoms with Crippen LogP contribution in [-0.4, -0.2) is 0 Å². The van der Waals surface area contributed by atoms with Crippen LogP contribution in [0, 0.1) is 0 Å². The summed E-state index contributed by atoms with van der Waals surface area (Å²) in [5.74, 6) is 0. The SMILES string of the molecule is CCCCCCCCC=CCCCCCCCC[n+]1ccccc1. The monoisotopic (exact) mass is 330 g/mol. The Morgan fingerprint density at radius 2 is 1.08 bits per heavy atom. The summed E-state index contributed by atoms with van der Waals surface area (Å²) < 4.78 is 2.29. The molecule has 1 heterocycles. The zero-order valence-corrected chi connectivity index (χ0v) is 16.1. The minimum Gasteiger partial charge on any atom is -0.205 e. The van der Waals surface area contributed by atoms with Crippen molar-refractivity contribution in [3.05, 3.63) is 42.7 Å². The van der Waals surface area contributed by atoms with Gasteiger partial charge in [0, 0.05) is 18.6 Å². The zero-order valence-electron chi connectivity index (χ0n) is 16.1. The molecule has 0 aliphatic heterocycles. The lowest BCUT2D eigenvalue weighted by Crippen LogP contribution is -2.32. The quantitative estimate of drug-likeness (QED) is 0.174. The maximum atomic E-state index is 2.41. The number of pyridine rings is 1. The highest BCUT2D eigenvalue weighted by atomic mass is 14.9. The Hall–Kier alpha value is -1.11. The van der Waals surface area contributed by atoms with Crippen molar-refractivity contribution in [1.82, 2.24) is 0 Å². The second-order valence-corrected chi connectivity index (χ2v) is 7.05. The Morgan fingerprint density at radius 3 is 1.67 bits per heavy atom. The van der Waals surface area contributed by atoms with Gasteiger partial charge < -0.3 is 0 Å². The molecule has 0 saturated carbocycles. The molecule has 0 unspecified atom stereocenters. The van der Waals surface area contributed by atoms with E-state index in [2.05, 4.69) is 54.2 Å². The minimum atomic E-state index is 1.17. The molecule has 1 aromatic rings. The Kier molecular flexibility index (Phi) is 14.6. The van der Waals surface area contributed by atoms with Gasteiger partial charge in [0.25, 0.3) is 0 Å². The van der Waals surface area contributed by atoms with Crippen molar-refractivity contribution in [2.75, 3.05) is 0 Å². The summed E-state index contributed by atoms with van der Waals surface area (Å²) in [6, 6.07) is 6.30. The number of aromatic nitrogens is 1. The number of allylic oxidation sites excluding steroid dienone is 2. The van der Waals surface area contributed by atoms with Gasteiger partial charge in [-0.2, -0.15) is 0 Å². The van der Waals surface area contributed by atoms with Crippen LogP contribution in [0.25, 0.3) is 0 Å². The highest BCUT2D eigenvalue weighted by Gasteiger charge is 1.97. The van der Waals surface area contributed by atoms with Crippen molar-refractivity contribution in [3.63, 3.8) is 0 Å². The number of nitrogens with zero attached hydrogens (tertiary/aromatic N) is 1.